The minimum Gasteiger partial charge on any atom is -0.355 e. The SMILES string of the molecule is CCc1nc2ccc(C(=O)Nc3cccc(NS(C)(=O)=O)c3)cn2c1N(C)Cc1ccc(Cl)cc1. The Labute approximate surface area is 209 Å². The largest absolute Gasteiger partial charge is 0.355 e. The number of aryl methyl sites for hydroxylation is 1. The third kappa shape index (κ3) is 5.93. The summed E-state index contributed by atoms with van der Waals surface area (Å²) in [4.78, 5) is 19.9. The van der Waals surface area contributed by atoms with Crippen molar-refractivity contribution in [2.45, 2.75) is 19.9 Å². The first-order valence-corrected chi connectivity index (χ1v) is 13.3. The number of amides is 1. The summed E-state index contributed by atoms with van der Waals surface area (Å²) in [6.07, 6.45) is 3.58. The molecule has 0 fully saturated rings. The molecule has 4 aromatic rings. The first-order chi connectivity index (χ1) is 16.6. The maximum absolute atomic E-state index is 13.0. The van der Waals surface area contributed by atoms with Gasteiger partial charge in [0.05, 0.1) is 23.2 Å². The fraction of sp³-hybridized carbons (Fsp3) is 0.200. The molecule has 1 amide bonds. The Hall–Kier alpha value is -3.56. The zero-order chi connectivity index (χ0) is 25.2. The number of benzene rings is 2. The number of rotatable bonds is 8. The molecule has 0 atom stereocenters. The normalized spacial score (nSPS) is 11.4. The number of hydrogen-bond acceptors (Lipinski definition) is 5. The predicted octanol–water partition coefficient (Wildman–Crippen LogP) is 4.81. The van der Waals surface area contributed by atoms with E-state index >= 15 is 0 Å². The van der Waals surface area contributed by atoms with E-state index in [0.29, 0.717) is 28.5 Å². The smallest absolute Gasteiger partial charge is 0.257 e. The number of carbonyl (C=O) groups is 1. The summed E-state index contributed by atoms with van der Waals surface area (Å²) in [5.41, 5.74) is 4.07. The van der Waals surface area contributed by atoms with Gasteiger partial charge in [-0.15, -0.1) is 0 Å². The third-order valence-corrected chi connectivity index (χ3v) is 6.24. The molecule has 35 heavy (non-hydrogen) atoms. The summed E-state index contributed by atoms with van der Waals surface area (Å²) in [5, 5.41) is 3.52. The molecular weight excluding hydrogens is 486 g/mol. The summed E-state index contributed by atoms with van der Waals surface area (Å²) in [6.45, 7) is 2.70. The van der Waals surface area contributed by atoms with Gasteiger partial charge in [-0.25, -0.2) is 13.4 Å². The Morgan fingerprint density at radius 2 is 1.80 bits per heavy atom. The molecular formula is C25H26ClN5O3S. The second-order valence-corrected chi connectivity index (χ2v) is 10.5. The number of nitrogens with one attached hydrogen (secondary N) is 2. The number of nitrogens with zero attached hydrogens (tertiary/aromatic N) is 3. The number of anilines is 3. The van der Waals surface area contributed by atoms with Gasteiger partial charge in [0.2, 0.25) is 10.0 Å². The standard InChI is InChI=1S/C25H26ClN5O3S/c1-4-22-25(30(2)15-17-8-11-19(26)12-9-17)31-16-18(10-13-23(31)28-22)24(32)27-20-6-5-7-21(14-20)29-35(3,33)34/h5-14,16,29H,4,15H2,1-3H3,(H,27,32). The lowest BCUT2D eigenvalue weighted by Crippen LogP contribution is -2.20. The van der Waals surface area contributed by atoms with Gasteiger partial charge < -0.3 is 10.2 Å². The molecule has 0 spiro atoms. The molecule has 2 aromatic heterocycles. The topological polar surface area (TPSA) is 95.8 Å². The molecule has 182 valence electrons. The first kappa shape index (κ1) is 24.6. The average Bonchev–Trinajstić information content (AvgIpc) is 3.17. The van der Waals surface area contributed by atoms with Crippen LogP contribution in [0.4, 0.5) is 17.2 Å². The fourth-order valence-corrected chi connectivity index (χ4v) is 4.55. The highest BCUT2D eigenvalue weighted by Gasteiger charge is 2.17. The third-order valence-electron chi connectivity index (χ3n) is 5.38. The van der Waals surface area contributed by atoms with Crippen molar-refractivity contribution in [1.82, 2.24) is 9.38 Å². The highest BCUT2D eigenvalue weighted by atomic mass is 35.5. The van der Waals surface area contributed by atoms with E-state index in [9.17, 15) is 13.2 Å². The van der Waals surface area contributed by atoms with Crippen LogP contribution in [-0.2, 0) is 23.0 Å². The van der Waals surface area contributed by atoms with Gasteiger partial charge in [0, 0.05) is 30.5 Å². The van der Waals surface area contributed by atoms with Gasteiger partial charge in [0.1, 0.15) is 11.5 Å². The molecule has 0 aliphatic heterocycles. The van der Waals surface area contributed by atoms with Crippen molar-refractivity contribution < 1.29 is 13.2 Å². The van der Waals surface area contributed by atoms with Crippen LogP contribution >= 0.6 is 11.6 Å². The van der Waals surface area contributed by atoms with Crippen molar-refractivity contribution in [2.24, 2.45) is 0 Å². The number of halogens is 1. The second-order valence-electron chi connectivity index (χ2n) is 8.27. The molecule has 4 rings (SSSR count). The van der Waals surface area contributed by atoms with Gasteiger partial charge >= 0.3 is 0 Å². The van der Waals surface area contributed by atoms with E-state index in [2.05, 4.69) is 14.9 Å². The molecule has 10 heteroatoms. The molecule has 0 aliphatic rings. The van der Waals surface area contributed by atoms with Crippen LogP contribution in [0.25, 0.3) is 5.65 Å². The van der Waals surface area contributed by atoms with Crippen molar-refractivity contribution in [2.75, 3.05) is 28.2 Å². The van der Waals surface area contributed by atoms with Gasteiger partial charge in [-0.3, -0.25) is 13.9 Å². The molecule has 2 heterocycles. The summed E-state index contributed by atoms with van der Waals surface area (Å²) >= 11 is 6.02. The lowest BCUT2D eigenvalue weighted by atomic mass is 10.2. The van der Waals surface area contributed by atoms with Gasteiger partial charge in [0.25, 0.3) is 5.91 Å². The fourth-order valence-electron chi connectivity index (χ4n) is 3.87. The Morgan fingerprint density at radius 3 is 2.49 bits per heavy atom. The second kappa shape index (κ2) is 9.97. The van der Waals surface area contributed by atoms with Crippen LogP contribution in [0.5, 0.6) is 0 Å². The van der Waals surface area contributed by atoms with Crippen molar-refractivity contribution >= 4 is 50.4 Å². The number of sulfonamides is 1. The summed E-state index contributed by atoms with van der Waals surface area (Å²) in [6, 6.07) is 17.8. The van der Waals surface area contributed by atoms with E-state index < -0.39 is 10.0 Å². The highest BCUT2D eigenvalue weighted by molar-refractivity contribution is 7.92. The molecule has 0 saturated heterocycles. The van der Waals surface area contributed by atoms with Crippen molar-refractivity contribution in [3.05, 3.63) is 88.7 Å². The average molecular weight is 512 g/mol. The van der Waals surface area contributed by atoms with Crippen LogP contribution in [0.3, 0.4) is 0 Å². The van der Waals surface area contributed by atoms with Crippen LogP contribution in [0.1, 0.15) is 28.5 Å². The van der Waals surface area contributed by atoms with E-state index in [-0.39, 0.29) is 5.91 Å². The zero-order valence-electron chi connectivity index (χ0n) is 19.6. The van der Waals surface area contributed by atoms with Crippen molar-refractivity contribution in [3.8, 4) is 0 Å². The number of hydrogen-bond donors (Lipinski definition) is 2. The van der Waals surface area contributed by atoms with E-state index in [1.807, 2.05) is 48.7 Å². The molecule has 0 saturated carbocycles. The predicted molar refractivity (Wildman–Crippen MR) is 141 cm³/mol. The maximum Gasteiger partial charge on any atom is 0.257 e. The Balaban J connectivity index is 1.62. The van der Waals surface area contributed by atoms with E-state index in [0.717, 1.165) is 35.4 Å². The Morgan fingerprint density at radius 1 is 1.09 bits per heavy atom. The summed E-state index contributed by atoms with van der Waals surface area (Å²) in [7, 11) is -1.43. The van der Waals surface area contributed by atoms with Crippen LogP contribution in [0, 0.1) is 0 Å². The van der Waals surface area contributed by atoms with Crippen LogP contribution in [0.2, 0.25) is 5.02 Å². The molecule has 8 nitrogen and oxygen atoms in total. The minimum absolute atomic E-state index is 0.318. The van der Waals surface area contributed by atoms with Crippen molar-refractivity contribution in [3.63, 3.8) is 0 Å². The molecule has 0 unspecified atom stereocenters. The van der Waals surface area contributed by atoms with Crippen molar-refractivity contribution in [1.29, 1.82) is 0 Å². The summed E-state index contributed by atoms with van der Waals surface area (Å²) in [5.74, 6) is 0.591. The van der Waals surface area contributed by atoms with Gasteiger partial charge in [-0.1, -0.05) is 36.7 Å². The Kier molecular flexibility index (Phi) is 7.00. The number of fused-ring (bicyclic) bond motifs is 1. The first-order valence-electron chi connectivity index (χ1n) is 11.0. The number of pyridine rings is 1. The van der Waals surface area contributed by atoms with E-state index in [4.69, 9.17) is 16.6 Å². The molecule has 0 bridgehead atoms. The Bertz CT molecular complexity index is 1480. The van der Waals surface area contributed by atoms with E-state index in [1.54, 1.807) is 36.5 Å². The molecule has 0 aliphatic carbocycles. The monoisotopic (exact) mass is 511 g/mol. The molecule has 2 N–H and O–H groups in total. The van der Waals surface area contributed by atoms with Crippen LogP contribution < -0.4 is 14.9 Å². The van der Waals surface area contributed by atoms with Crippen LogP contribution in [0.15, 0.2) is 66.9 Å². The van der Waals surface area contributed by atoms with Gasteiger partial charge in [-0.05, 0) is 54.4 Å². The minimum atomic E-state index is -3.42. The number of aromatic nitrogens is 2. The van der Waals surface area contributed by atoms with Crippen LogP contribution in [-0.4, -0.2) is 37.0 Å². The zero-order valence-corrected chi connectivity index (χ0v) is 21.2. The highest BCUT2D eigenvalue weighted by Crippen LogP contribution is 2.25. The quantitative estimate of drug-likeness (QED) is 0.354. The van der Waals surface area contributed by atoms with Gasteiger partial charge in [0.15, 0.2) is 0 Å². The maximum atomic E-state index is 13.0. The molecule has 0 radical (unpaired) electrons. The summed E-state index contributed by atoms with van der Waals surface area (Å²) < 4.78 is 27.3. The number of carbonyl (C=O) groups excluding carboxylic acids is 1. The molecule has 2 aromatic carbocycles. The lowest BCUT2D eigenvalue weighted by Gasteiger charge is -2.20. The van der Waals surface area contributed by atoms with Gasteiger partial charge in [-0.2, -0.15) is 0 Å². The number of imidazole rings is 1. The van der Waals surface area contributed by atoms with E-state index in [1.165, 1.54) is 0 Å². The lowest BCUT2D eigenvalue weighted by molar-refractivity contribution is 0.102.